The lowest BCUT2D eigenvalue weighted by molar-refractivity contribution is -0.138. The molecule has 8 heteroatoms. The van der Waals surface area contributed by atoms with Gasteiger partial charge in [-0.2, -0.15) is 8.78 Å². The SMILES string of the molecule is CC1C(=O)NC(=O)CN1C(=O)c1ccc(OC(F)F)cc1. The average Bonchev–Trinajstić information content (AvgIpc) is 2.42. The van der Waals surface area contributed by atoms with Gasteiger partial charge in [0, 0.05) is 5.56 Å². The molecule has 1 aliphatic heterocycles. The molecule has 2 rings (SSSR count). The summed E-state index contributed by atoms with van der Waals surface area (Å²) in [5.41, 5.74) is 0.172. The number of ether oxygens (including phenoxy) is 1. The van der Waals surface area contributed by atoms with Crippen LogP contribution in [-0.4, -0.2) is 41.8 Å². The summed E-state index contributed by atoms with van der Waals surface area (Å²) in [6.45, 7) is -1.69. The molecular formula is C13H12F2N2O4. The van der Waals surface area contributed by atoms with Crippen LogP contribution in [0.3, 0.4) is 0 Å². The lowest BCUT2D eigenvalue weighted by Crippen LogP contribution is -2.58. The first-order valence-corrected chi connectivity index (χ1v) is 6.08. The molecule has 112 valence electrons. The van der Waals surface area contributed by atoms with Crippen molar-refractivity contribution in [2.24, 2.45) is 0 Å². The van der Waals surface area contributed by atoms with Crippen LogP contribution in [0.25, 0.3) is 0 Å². The Bertz CT molecular complexity index is 574. The van der Waals surface area contributed by atoms with Gasteiger partial charge in [0.25, 0.3) is 5.91 Å². The molecule has 1 N–H and O–H groups in total. The Morgan fingerprint density at radius 1 is 1.33 bits per heavy atom. The zero-order chi connectivity index (χ0) is 15.6. The van der Waals surface area contributed by atoms with E-state index in [0.717, 1.165) is 4.90 Å². The third-order valence-electron chi connectivity index (χ3n) is 3.01. The second-order valence-electron chi connectivity index (χ2n) is 4.42. The van der Waals surface area contributed by atoms with Crippen molar-refractivity contribution in [3.63, 3.8) is 0 Å². The molecule has 1 aromatic rings. The van der Waals surface area contributed by atoms with E-state index in [2.05, 4.69) is 10.1 Å². The Labute approximate surface area is 118 Å². The predicted octanol–water partition coefficient (Wildman–Crippen LogP) is 0.775. The van der Waals surface area contributed by atoms with Crippen molar-refractivity contribution in [1.82, 2.24) is 10.2 Å². The molecule has 1 saturated heterocycles. The second-order valence-corrected chi connectivity index (χ2v) is 4.42. The van der Waals surface area contributed by atoms with Gasteiger partial charge in [0.05, 0.1) is 0 Å². The highest BCUT2D eigenvalue weighted by Gasteiger charge is 2.33. The molecule has 0 aliphatic carbocycles. The molecule has 1 heterocycles. The molecule has 1 aliphatic rings. The quantitative estimate of drug-likeness (QED) is 0.837. The van der Waals surface area contributed by atoms with E-state index in [1.807, 2.05) is 0 Å². The van der Waals surface area contributed by atoms with Gasteiger partial charge in [0.2, 0.25) is 11.8 Å². The number of alkyl halides is 2. The first-order chi connectivity index (χ1) is 9.88. The number of hydrogen-bond acceptors (Lipinski definition) is 4. The van der Waals surface area contributed by atoms with Crippen molar-refractivity contribution in [3.8, 4) is 5.75 Å². The van der Waals surface area contributed by atoms with Crippen LogP contribution in [0.4, 0.5) is 8.78 Å². The fourth-order valence-electron chi connectivity index (χ4n) is 1.91. The molecule has 1 fully saturated rings. The Balaban J connectivity index is 2.15. The summed E-state index contributed by atoms with van der Waals surface area (Å²) < 4.78 is 28.2. The molecule has 0 saturated carbocycles. The average molecular weight is 298 g/mol. The topological polar surface area (TPSA) is 75.7 Å². The Hall–Kier alpha value is -2.51. The first-order valence-electron chi connectivity index (χ1n) is 6.08. The van der Waals surface area contributed by atoms with E-state index >= 15 is 0 Å². The third-order valence-corrected chi connectivity index (χ3v) is 3.01. The maximum atomic E-state index is 12.2. The number of halogens is 2. The van der Waals surface area contributed by atoms with Gasteiger partial charge in [0.1, 0.15) is 18.3 Å². The van der Waals surface area contributed by atoms with Gasteiger partial charge in [-0.05, 0) is 31.2 Å². The zero-order valence-corrected chi connectivity index (χ0v) is 11.0. The van der Waals surface area contributed by atoms with Gasteiger partial charge >= 0.3 is 6.61 Å². The predicted molar refractivity (Wildman–Crippen MR) is 66.7 cm³/mol. The summed E-state index contributed by atoms with van der Waals surface area (Å²) in [4.78, 5) is 36.2. The molecule has 21 heavy (non-hydrogen) atoms. The fourth-order valence-corrected chi connectivity index (χ4v) is 1.91. The van der Waals surface area contributed by atoms with Crippen molar-refractivity contribution in [3.05, 3.63) is 29.8 Å². The van der Waals surface area contributed by atoms with Crippen LogP contribution in [-0.2, 0) is 9.59 Å². The van der Waals surface area contributed by atoms with Crippen molar-refractivity contribution < 1.29 is 27.9 Å². The number of imide groups is 1. The van der Waals surface area contributed by atoms with Crippen LogP contribution in [0.5, 0.6) is 5.75 Å². The summed E-state index contributed by atoms with van der Waals surface area (Å²) in [5, 5.41) is 2.12. The maximum absolute atomic E-state index is 12.2. The van der Waals surface area contributed by atoms with Gasteiger partial charge in [-0.1, -0.05) is 0 Å². The molecule has 0 radical (unpaired) electrons. The Morgan fingerprint density at radius 2 is 1.95 bits per heavy atom. The number of nitrogens with zero attached hydrogens (tertiary/aromatic N) is 1. The number of rotatable bonds is 3. The van der Waals surface area contributed by atoms with E-state index in [4.69, 9.17) is 0 Å². The summed E-state index contributed by atoms with van der Waals surface area (Å²) in [6.07, 6.45) is 0. The molecule has 6 nitrogen and oxygen atoms in total. The largest absolute Gasteiger partial charge is 0.435 e. The third kappa shape index (κ3) is 3.33. The van der Waals surface area contributed by atoms with Crippen molar-refractivity contribution >= 4 is 17.7 Å². The van der Waals surface area contributed by atoms with Crippen molar-refractivity contribution in [2.45, 2.75) is 19.6 Å². The highest BCUT2D eigenvalue weighted by atomic mass is 19.3. The van der Waals surface area contributed by atoms with Crippen LogP contribution in [0.1, 0.15) is 17.3 Å². The molecule has 0 spiro atoms. The van der Waals surface area contributed by atoms with Gasteiger partial charge in [0.15, 0.2) is 0 Å². The summed E-state index contributed by atoms with van der Waals surface area (Å²) in [7, 11) is 0. The molecule has 0 aromatic heterocycles. The molecule has 1 unspecified atom stereocenters. The highest BCUT2D eigenvalue weighted by Crippen LogP contribution is 2.17. The number of hydrogen-bond donors (Lipinski definition) is 1. The standard InChI is InChI=1S/C13H12F2N2O4/c1-7-11(19)16-10(18)6-17(7)12(20)8-2-4-9(5-3-8)21-13(14)15/h2-5,7,13H,6H2,1H3,(H,16,18,19). The van der Waals surface area contributed by atoms with E-state index in [9.17, 15) is 23.2 Å². The van der Waals surface area contributed by atoms with Crippen LogP contribution >= 0.6 is 0 Å². The minimum atomic E-state index is -2.95. The van der Waals surface area contributed by atoms with Crippen LogP contribution in [0, 0.1) is 0 Å². The lowest BCUT2D eigenvalue weighted by atomic mass is 10.1. The summed E-state index contributed by atoms with van der Waals surface area (Å²) >= 11 is 0. The second kappa shape index (κ2) is 5.86. The molecule has 0 bridgehead atoms. The zero-order valence-electron chi connectivity index (χ0n) is 11.0. The highest BCUT2D eigenvalue weighted by molar-refractivity contribution is 6.07. The molecule has 1 aromatic carbocycles. The Morgan fingerprint density at radius 3 is 2.52 bits per heavy atom. The number of carbonyl (C=O) groups is 3. The number of piperazine rings is 1. The minimum absolute atomic E-state index is 0.0814. The maximum Gasteiger partial charge on any atom is 0.387 e. The Kier molecular flexibility index (Phi) is 4.15. The first kappa shape index (κ1) is 14.9. The fraction of sp³-hybridized carbons (Fsp3) is 0.308. The van der Waals surface area contributed by atoms with Crippen LogP contribution in [0.2, 0.25) is 0 Å². The number of benzene rings is 1. The smallest absolute Gasteiger partial charge is 0.387 e. The van der Waals surface area contributed by atoms with Gasteiger partial charge in [-0.15, -0.1) is 0 Å². The van der Waals surface area contributed by atoms with E-state index in [0.29, 0.717) is 0 Å². The molecule has 1 atom stereocenters. The van der Waals surface area contributed by atoms with E-state index in [1.54, 1.807) is 0 Å². The number of nitrogens with one attached hydrogen (secondary N) is 1. The normalized spacial score (nSPS) is 18.7. The van der Waals surface area contributed by atoms with Gasteiger partial charge in [-0.3, -0.25) is 19.7 Å². The number of carbonyl (C=O) groups excluding carboxylic acids is 3. The summed E-state index contributed by atoms with van der Waals surface area (Å²) in [5.74, 6) is -1.74. The van der Waals surface area contributed by atoms with Gasteiger partial charge in [-0.25, -0.2) is 0 Å². The van der Waals surface area contributed by atoms with Crippen molar-refractivity contribution in [2.75, 3.05) is 6.54 Å². The lowest BCUT2D eigenvalue weighted by Gasteiger charge is -2.31. The van der Waals surface area contributed by atoms with Crippen LogP contribution in [0.15, 0.2) is 24.3 Å². The molecule has 3 amide bonds. The van der Waals surface area contributed by atoms with E-state index in [1.165, 1.54) is 31.2 Å². The minimum Gasteiger partial charge on any atom is -0.435 e. The van der Waals surface area contributed by atoms with Crippen molar-refractivity contribution in [1.29, 1.82) is 0 Å². The molecular weight excluding hydrogens is 286 g/mol. The monoisotopic (exact) mass is 298 g/mol. The van der Waals surface area contributed by atoms with Gasteiger partial charge < -0.3 is 9.64 Å². The summed E-state index contributed by atoms with van der Waals surface area (Å²) in [6, 6.07) is 4.24. The van der Waals surface area contributed by atoms with Crippen LogP contribution < -0.4 is 10.1 Å². The number of amides is 3. The van der Waals surface area contributed by atoms with E-state index in [-0.39, 0.29) is 17.9 Å². The van der Waals surface area contributed by atoms with E-state index < -0.39 is 30.4 Å².